The van der Waals surface area contributed by atoms with E-state index in [0.29, 0.717) is 5.52 Å². The first kappa shape index (κ1) is 22.2. The third-order valence-electron chi connectivity index (χ3n) is 6.32. The standard InChI is InChI=1S/C27H23FN6OS/c28-19-6-8-20(9-7-19)33-10-12-34(13-11-33)25-15-21-22(30-26(35)16-29-21)14-23(25)31-27-32-24(17-36-27)18-4-2-1-3-5-18/h1-9,14-17H,10-13H2,(H,30,35)(H,31,32). The monoisotopic (exact) mass is 498 g/mol. The Morgan fingerprint density at radius 1 is 0.944 bits per heavy atom. The number of halogens is 1. The molecule has 0 saturated carbocycles. The van der Waals surface area contributed by atoms with E-state index in [-0.39, 0.29) is 11.4 Å². The first-order chi connectivity index (χ1) is 17.6. The largest absolute Gasteiger partial charge is 0.368 e. The van der Waals surface area contributed by atoms with E-state index in [1.165, 1.54) is 29.7 Å². The maximum Gasteiger partial charge on any atom is 0.266 e. The summed E-state index contributed by atoms with van der Waals surface area (Å²) in [6.07, 6.45) is 1.30. The van der Waals surface area contributed by atoms with Crippen molar-refractivity contribution in [1.82, 2.24) is 15.0 Å². The van der Waals surface area contributed by atoms with Crippen molar-refractivity contribution >= 4 is 44.6 Å². The number of nitrogens with one attached hydrogen (secondary N) is 2. The van der Waals surface area contributed by atoms with Crippen LogP contribution in [-0.2, 0) is 0 Å². The van der Waals surface area contributed by atoms with Gasteiger partial charge < -0.3 is 20.1 Å². The first-order valence-corrected chi connectivity index (χ1v) is 12.6. The molecule has 3 heterocycles. The Bertz CT molecular complexity index is 1560. The van der Waals surface area contributed by atoms with Gasteiger partial charge in [-0.2, -0.15) is 0 Å². The number of anilines is 4. The molecule has 1 fully saturated rings. The number of hydrogen-bond donors (Lipinski definition) is 2. The highest BCUT2D eigenvalue weighted by molar-refractivity contribution is 7.14. The molecule has 0 atom stereocenters. The molecule has 5 aromatic rings. The highest BCUT2D eigenvalue weighted by Gasteiger charge is 2.21. The van der Waals surface area contributed by atoms with Gasteiger partial charge in [-0.15, -0.1) is 11.3 Å². The topological polar surface area (TPSA) is 77.2 Å². The van der Waals surface area contributed by atoms with Gasteiger partial charge in [0.15, 0.2) is 5.13 Å². The van der Waals surface area contributed by atoms with Crippen LogP contribution in [-0.4, -0.2) is 41.1 Å². The van der Waals surface area contributed by atoms with Gasteiger partial charge in [0.05, 0.1) is 34.3 Å². The fourth-order valence-corrected chi connectivity index (χ4v) is 5.22. The Hall–Kier alpha value is -4.24. The lowest BCUT2D eigenvalue weighted by Gasteiger charge is -2.38. The summed E-state index contributed by atoms with van der Waals surface area (Å²) in [5.41, 5.74) is 5.99. The van der Waals surface area contributed by atoms with E-state index in [1.807, 2.05) is 60.0 Å². The average Bonchev–Trinajstić information content (AvgIpc) is 3.38. The molecule has 180 valence electrons. The fourth-order valence-electron chi connectivity index (χ4n) is 4.48. The highest BCUT2D eigenvalue weighted by atomic mass is 32.1. The Balaban J connectivity index is 1.30. The van der Waals surface area contributed by atoms with Gasteiger partial charge in [0.1, 0.15) is 5.82 Å². The minimum Gasteiger partial charge on any atom is -0.368 e. The molecule has 1 aliphatic heterocycles. The van der Waals surface area contributed by atoms with Gasteiger partial charge >= 0.3 is 0 Å². The smallest absolute Gasteiger partial charge is 0.266 e. The number of thiazole rings is 1. The maximum atomic E-state index is 13.3. The predicted octanol–water partition coefficient (Wildman–Crippen LogP) is 5.26. The van der Waals surface area contributed by atoms with E-state index in [2.05, 4.69) is 25.1 Å². The number of benzene rings is 3. The van der Waals surface area contributed by atoms with E-state index in [4.69, 9.17) is 4.98 Å². The molecule has 0 aliphatic carbocycles. The molecule has 0 amide bonds. The molecule has 3 aromatic carbocycles. The minimum absolute atomic E-state index is 0.229. The molecule has 1 aliphatic rings. The first-order valence-electron chi connectivity index (χ1n) is 11.7. The van der Waals surface area contributed by atoms with Crippen LogP contribution in [0.1, 0.15) is 0 Å². The molecule has 2 N–H and O–H groups in total. The van der Waals surface area contributed by atoms with Crippen LogP contribution in [0.25, 0.3) is 22.3 Å². The number of rotatable bonds is 5. The zero-order valence-electron chi connectivity index (χ0n) is 19.3. The number of piperazine rings is 1. The van der Waals surface area contributed by atoms with Gasteiger partial charge in [0.2, 0.25) is 0 Å². The Labute approximate surface area is 210 Å². The number of hydrogen-bond acceptors (Lipinski definition) is 7. The second-order valence-corrected chi connectivity index (χ2v) is 9.47. The molecule has 0 radical (unpaired) electrons. The number of nitrogens with zero attached hydrogens (tertiary/aromatic N) is 4. The van der Waals surface area contributed by atoms with Crippen LogP contribution in [0.4, 0.5) is 26.6 Å². The Morgan fingerprint density at radius 2 is 1.69 bits per heavy atom. The number of fused-ring (bicyclic) bond motifs is 1. The second-order valence-electron chi connectivity index (χ2n) is 8.61. The van der Waals surface area contributed by atoms with Crippen molar-refractivity contribution in [1.29, 1.82) is 0 Å². The molecule has 7 nitrogen and oxygen atoms in total. The van der Waals surface area contributed by atoms with Crippen LogP contribution in [0.5, 0.6) is 0 Å². The maximum absolute atomic E-state index is 13.3. The van der Waals surface area contributed by atoms with Gasteiger partial charge in [-0.05, 0) is 36.4 Å². The quantitative estimate of drug-likeness (QED) is 0.344. The van der Waals surface area contributed by atoms with Crippen molar-refractivity contribution in [2.75, 3.05) is 41.3 Å². The number of H-pyrrole nitrogens is 1. The second kappa shape index (κ2) is 9.43. The Kier molecular flexibility index (Phi) is 5.82. The molecule has 6 rings (SSSR count). The average molecular weight is 499 g/mol. The van der Waals surface area contributed by atoms with Crippen molar-refractivity contribution in [2.24, 2.45) is 0 Å². The molecule has 2 aromatic heterocycles. The summed E-state index contributed by atoms with van der Waals surface area (Å²) in [5, 5.41) is 6.28. The summed E-state index contributed by atoms with van der Waals surface area (Å²) < 4.78 is 13.3. The predicted molar refractivity (Wildman–Crippen MR) is 144 cm³/mol. The molecular weight excluding hydrogens is 475 g/mol. The summed E-state index contributed by atoms with van der Waals surface area (Å²) in [6.45, 7) is 3.18. The third kappa shape index (κ3) is 4.52. The minimum atomic E-state index is -0.241. The number of aromatic amines is 1. The van der Waals surface area contributed by atoms with Crippen LogP contribution >= 0.6 is 11.3 Å². The van der Waals surface area contributed by atoms with Crippen molar-refractivity contribution < 1.29 is 4.39 Å². The van der Waals surface area contributed by atoms with Crippen LogP contribution in [0.3, 0.4) is 0 Å². The SMILES string of the molecule is O=c1cnc2cc(N3CCN(c4ccc(F)cc4)CC3)c(Nc3nc(-c4ccccc4)cs3)cc2[nH]1. The van der Waals surface area contributed by atoms with Crippen molar-refractivity contribution in [3.8, 4) is 11.3 Å². The number of aromatic nitrogens is 3. The summed E-state index contributed by atoms with van der Waals surface area (Å²) in [5.74, 6) is -0.229. The van der Waals surface area contributed by atoms with Crippen LogP contribution in [0.15, 0.2) is 83.1 Å². The van der Waals surface area contributed by atoms with Crippen LogP contribution < -0.4 is 20.7 Å². The van der Waals surface area contributed by atoms with Gasteiger partial charge in [-0.3, -0.25) is 4.79 Å². The fraction of sp³-hybridized carbons (Fsp3) is 0.148. The molecule has 36 heavy (non-hydrogen) atoms. The summed E-state index contributed by atoms with van der Waals surface area (Å²) in [4.78, 5) is 28.5. The highest BCUT2D eigenvalue weighted by Crippen LogP contribution is 2.35. The van der Waals surface area contributed by atoms with Gasteiger partial charge in [-0.25, -0.2) is 14.4 Å². The molecule has 0 spiro atoms. The normalized spacial score (nSPS) is 13.8. The molecule has 0 unspecified atom stereocenters. The van der Waals surface area contributed by atoms with Crippen molar-refractivity contribution in [3.63, 3.8) is 0 Å². The molecular formula is C27H23FN6OS. The summed E-state index contributed by atoms with van der Waals surface area (Å²) >= 11 is 1.53. The zero-order chi connectivity index (χ0) is 24.5. The molecule has 1 saturated heterocycles. The van der Waals surface area contributed by atoms with Gasteiger partial charge in [0.25, 0.3) is 5.56 Å². The molecule has 0 bridgehead atoms. The van der Waals surface area contributed by atoms with E-state index >= 15 is 0 Å². The zero-order valence-corrected chi connectivity index (χ0v) is 20.1. The van der Waals surface area contributed by atoms with Gasteiger partial charge in [-0.1, -0.05) is 30.3 Å². The van der Waals surface area contributed by atoms with E-state index < -0.39 is 0 Å². The lowest BCUT2D eigenvalue weighted by molar-refractivity contribution is 0.625. The van der Waals surface area contributed by atoms with E-state index in [1.54, 1.807) is 0 Å². The van der Waals surface area contributed by atoms with Crippen LogP contribution in [0, 0.1) is 5.82 Å². The lowest BCUT2D eigenvalue weighted by Crippen LogP contribution is -2.46. The summed E-state index contributed by atoms with van der Waals surface area (Å²) in [6, 6.07) is 20.6. The summed E-state index contributed by atoms with van der Waals surface area (Å²) in [7, 11) is 0. The van der Waals surface area contributed by atoms with Crippen molar-refractivity contribution in [3.05, 3.63) is 94.5 Å². The Morgan fingerprint density at radius 3 is 2.47 bits per heavy atom. The van der Waals surface area contributed by atoms with E-state index in [0.717, 1.165) is 65.1 Å². The van der Waals surface area contributed by atoms with E-state index in [9.17, 15) is 9.18 Å². The third-order valence-corrected chi connectivity index (χ3v) is 7.08. The van der Waals surface area contributed by atoms with Gasteiger partial charge in [0, 0.05) is 42.8 Å². The van der Waals surface area contributed by atoms with Crippen molar-refractivity contribution in [2.45, 2.75) is 0 Å². The lowest BCUT2D eigenvalue weighted by atomic mass is 10.1. The van der Waals surface area contributed by atoms with Crippen LogP contribution in [0.2, 0.25) is 0 Å². The molecule has 9 heteroatoms.